The lowest BCUT2D eigenvalue weighted by Gasteiger charge is -2.62. The van der Waals surface area contributed by atoms with Crippen molar-refractivity contribution in [3.63, 3.8) is 0 Å². The number of aryl methyl sites for hydroxylation is 1. The van der Waals surface area contributed by atoms with Crippen LogP contribution in [0.4, 0.5) is 0 Å². The second-order valence-corrected chi connectivity index (χ2v) is 8.12. The fourth-order valence-corrected chi connectivity index (χ4v) is 5.94. The molecule has 1 aromatic carbocycles. The van der Waals surface area contributed by atoms with Crippen molar-refractivity contribution in [2.75, 3.05) is 49.1 Å². The Morgan fingerprint density at radius 3 is 2.28 bits per heavy atom. The van der Waals surface area contributed by atoms with Crippen LogP contribution in [-0.2, 0) is 26.0 Å². The third kappa shape index (κ3) is 2.33. The Labute approximate surface area is 172 Å². The topological polar surface area (TPSA) is 69.6 Å². The predicted molar refractivity (Wildman–Crippen MR) is 107 cm³/mol. The molecular formula is C22H31NO6. The Morgan fingerprint density at radius 2 is 1.69 bits per heavy atom. The molecule has 2 bridgehead atoms. The molecule has 1 saturated heterocycles. The molecular weight excluding hydrogens is 374 g/mol. The lowest BCUT2D eigenvalue weighted by molar-refractivity contribution is -0.354. The number of ether oxygens (including phenoxy) is 5. The monoisotopic (exact) mass is 405 g/mol. The quantitative estimate of drug-likeness (QED) is 0.753. The number of allylic oxidation sites excluding steroid dienone is 1. The maximum absolute atomic E-state index is 12.0. The van der Waals surface area contributed by atoms with Crippen molar-refractivity contribution in [3.05, 3.63) is 34.6 Å². The van der Waals surface area contributed by atoms with Gasteiger partial charge in [-0.15, -0.1) is 0 Å². The van der Waals surface area contributed by atoms with Gasteiger partial charge in [-0.25, -0.2) is 0 Å². The summed E-state index contributed by atoms with van der Waals surface area (Å²) in [6.45, 7) is 0.672. The summed E-state index contributed by atoms with van der Waals surface area (Å²) in [6, 6.07) is 4.07. The number of hydrogen-bond acceptors (Lipinski definition) is 7. The number of benzene rings is 1. The van der Waals surface area contributed by atoms with Crippen molar-refractivity contribution in [2.45, 2.75) is 42.6 Å². The minimum absolute atomic E-state index is 0.414. The van der Waals surface area contributed by atoms with Crippen LogP contribution in [0.3, 0.4) is 0 Å². The van der Waals surface area contributed by atoms with Gasteiger partial charge in [0, 0.05) is 38.2 Å². The van der Waals surface area contributed by atoms with Crippen LogP contribution in [0, 0.1) is 0 Å². The van der Waals surface area contributed by atoms with Crippen molar-refractivity contribution in [1.29, 1.82) is 0 Å². The fraction of sp³-hybridized carbons (Fsp3) is 0.636. The first-order valence-electron chi connectivity index (χ1n) is 9.95. The van der Waals surface area contributed by atoms with Crippen molar-refractivity contribution in [2.24, 2.45) is 0 Å². The molecule has 1 fully saturated rings. The average molecular weight is 405 g/mol. The molecule has 3 aliphatic rings. The van der Waals surface area contributed by atoms with Gasteiger partial charge >= 0.3 is 0 Å². The van der Waals surface area contributed by atoms with E-state index in [2.05, 4.69) is 6.07 Å². The maximum Gasteiger partial charge on any atom is 0.271 e. The molecule has 1 N–H and O–H groups in total. The minimum Gasteiger partial charge on any atom is -0.495 e. The lowest BCUT2D eigenvalue weighted by Crippen LogP contribution is -2.74. The highest BCUT2D eigenvalue weighted by Gasteiger charge is 2.70. The third-order valence-corrected chi connectivity index (χ3v) is 7.27. The van der Waals surface area contributed by atoms with Gasteiger partial charge in [0.05, 0.1) is 21.3 Å². The van der Waals surface area contributed by atoms with Crippen molar-refractivity contribution >= 4 is 0 Å². The van der Waals surface area contributed by atoms with Gasteiger partial charge in [-0.2, -0.15) is 0 Å². The molecule has 160 valence electrons. The first-order valence-corrected chi connectivity index (χ1v) is 9.95. The van der Waals surface area contributed by atoms with E-state index < -0.39 is 16.9 Å². The number of aliphatic hydroxyl groups is 1. The van der Waals surface area contributed by atoms with Gasteiger partial charge in [-0.1, -0.05) is 6.07 Å². The van der Waals surface area contributed by atoms with E-state index in [0.29, 0.717) is 24.5 Å². The number of fused-ring (bicyclic) bond motifs is 2. The molecule has 1 aromatic rings. The molecule has 1 heterocycles. The van der Waals surface area contributed by atoms with Crippen LogP contribution in [-0.4, -0.2) is 70.7 Å². The fourth-order valence-electron chi connectivity index (χ4n) is 5.94. The molecule has 7 heteroatoms. The van der Waals surface area contributed by atoms with Crippen molar-refractivity contribution < 1.29 is 28.8 Å². The lowest BCUT2D eigenvalue weighted by atomic mass is 9.54. The third-order valence-electron chi connectivity index (χ3n) is 7.27. The van der Waals surface area contributed by atoms with Crippen LogP contribution >= 0.6 is 0 Å². The highest BCUT2D eigenvalue weighted by Crippen LogP contribution is 2.63. The Bertz CT molecular complexity index is 848. The van der Waals surface area contributed by atoms with Crippen LogP contribution in [0.25, 0.3) is 0 Å². The van der Waals surface area contributed by atoms with Crippen LogP contribution < -0.4 is 9.47 Å². The average Bonchev–Trinajstić information content (AvgIpc) is 2.74. The summed E-state index contributed by atoms with van der Waals surface area (Å²) in [6.07, 6.45) is 2.89. The largest absolute Gasteiger partial charge is 0.495 e. The molecule has 2 atom stereocenters. The molecule has 2 aliphatic carbocycles. The summed E-state index contributed by atoms with van der Waals surface area (Å²) in [5.41, 5.74) is 1.56. The minimum atomic E-state index is -1.41. The van der Waals surface area contributed by atoms with E-state index in [4.69, 9.17) is 23.7 Å². The molecule has 0 amide bonds. The zero-order valence-corrected chi connectivity index (χ0v) is 18.1. The van der Waals surface area contributed by atoms with Crippen LogP contribution in [0.2, 0.25) is 0 Å². The molecule has 0 saturated carbocycles. The summed E-state index contributed by atoms with van der Waals surface area (Å²) < 4.78 is 29.1. The summed E-state index contributed by atoms with van der Waals surface area (Å²) in [5.74, 6) is 0.572. The Morgan fingerprint density at radius 1 is 0.966 bits per heavy atom. The van der Waals surface area contributed by atoms with E-state index in [0.717, 1.165) is 36.1 Å². The van der Waals surface area contributed by atoms with Crippen LogP contribution in [0.15, 0.2) is 23.5 Å². The second-order valence-electron chi connectivity index (χ2n) is 8.12. The second kappa shape index (κ2) is 6.87. The van der Waals surface area contributed by atoms with Gasteiger partial charge < -0.3 is 28.8 Å². The van der Waals surface area contributed by atoms with Crippen LogP contribution in [0.5, 0.6) is 11.5 Å². The first-order chi connectivity index (χ1) is 13.9. The van der Waals surface area contributed by atoms with Crippen molar-refractivity contribution in [1.82, 2.24) is 4.90 Å². The predicted octanol–water partition coefficient (Wildman–Crippen LogP) is 2.21. The van der Waals surface area contributed by atoms with Crippen molar-refractivity contribution in [3.8, 4) is 11.5 Å². The Balaban J connectivity index is 2.09. The normalized spacial score (nSPS) is 30.4. The SMILES string of the molecule is COC1=C2CCc3ccc(OC)c(OC)c3[C@@]23CCN(C)[C@](O)(C3)C1(OC)OC. The molecule has 29 heavy (non-hydrogen) atoms. The molecule has 1 spiro atoms. The summed E-state index contributed by atoms with van der Waals surface area (Å²) >= 11 is 0. The van der Waals surface area contributed by atoms with Gasteiger partial charge in [-0.3, -0.25) is 4.90 Å². The molecule has 0 radical (unpaired) electrons. The van der Waals surface area contributed by atoms with E-state index in [1.54, 1.807) is 35.5 Å². The zero-order valence-electron chi connectivity index (χ0n) is 18.1. The first kappa shape index (κ1) is 20.5. The van der Waals surface area contributed by atoms with E-state index in [1.807, 2.05) is 18.0 Å². The van der Waals surface area contributed by atoms with Gasteiger partial charge in [0.1, 0.15) is 0 Å². The van der Waals surface area contributed by atoms with Crippen LogP contribution in [0.1, 0.15) is 30.4 Å². The smallest absolute Gasteiger partial charge is 0.271 e. The standard InChI is InChI=1S/C22H31NO6/c1-23-12-11-20-13-21(23,24)22(28-5,29-6)19(27-4)15(20)9-7-14-8-10-16(25-2)18(26-3)17(14)20/h8,10,24H,7,9,11-13H2,1-6H3/t20-,21+/m1/s1. The highest BCUT2D eigenvalue weighted by molar-refractivity contribution is 5.61. The Kier molecular flexibility index (Phi) is 4.85. The number of likely N-dealkylation sites (N-methyl/N-ethyl adjacent to an activating group) is 1. The van der Waals surface area contributed by atoms with Gasteiger partial charge in [-0.05, 0) is 43.5 Å². The summed E-state index contributed by atoms with van der Waals surface area (Å²) in [5, 5.41) is 12.0. The number of methoxy groups -OCH3 is 5. The van der Waals surface area contributed by atoms with E-state index >= 15 is 0 Å². The number of likely N-dealkylation sites (tertiary alicyclic amines) is 1. The number of nitrogens with zero attached hydrogens (tertiary/aromatic N) is 1. The molecule has 7 nitrogen and oxygen atoms in total. The Hall–Kier alpha value is -1.80. The molecule has 0 unspecified atom stereocenters. The van der Waals surface area contributed by atoms with E-state index in [9.17, 15) is 5.11 Å². The van der Waals surface area contributed by atoms with E-state index in [-0.39, 0.29) is 0 Å². The summed E-state index contributed by atoms with van der Waals surface area (Å²) in [7, 11) is 9.93. The maximum atomic E-state index is 12.0. The number of piperidine rings is 1. The molecule has 1 aliphatic heterocycles. The molecule has 0 aromatic heterocycles. The summed E-state index contributed by atoms with van der Waals surface area (Å²) in [4.78, 5) is 1.90. The highest BCUT2D eigenvalue weighted by atomic mass is 16.7. The van der Waals surface area contributed by atoms with Gasteiger partial charge in [0.2, 0.25) is 0 Å². The molecule has 4 rings (SSSR count). The zero-order chi connectivity index (χ0) is 21.0. The van der Waals surface area contributed by atoms with Gasteiger partial charge in [0.25, 0.3) is 5.79 Å². The van der Waals surface area contributed by atoms with E-state index in [1.165, 1.54) is 5.56 Å². The number of rotatable bonds is 5. The van der Waals surface area contributed by atoms with Gasteiger partial charge in [0.15, 0.2) is 23.0 Å². The number of hydrogen-bond donors (Lipinski definition) is 1.